The van der Waals surface area contributed by atoms with Crippen LogP contribution in [0.2, 0.25) is 0 Å². The first-order valence-corrected chi connectivity index (χ1v) is 6.79. The summed E-state index contributed by atoms with van der Waals surface area (Å²) in [7, 11) is 1.46. The minimum atomic E-state index is -0.169. The van der Waals surface area contributed by atoms with Crippen molar-refractivity contribution < 1.29 is 9.53 Å². The molecule has 17 heavy (non-hydrogen) atoms. The molecule has 3 heteroatoms. The molecule has 0 aromatic heterocycles. The fraction of sp³-hybridized carbons (Fsp3) is 0.929. The molecule has 1 aliphatic rings. The summed E-state index contributed by atoms with van der Waals surface area (Å²) in [4.78, 5) is 11.7. The summed E-state index contributed by atoms with van der Waals surface area (Å²) in [5.74, 6) is 1.54. The van der Waals surface area contributed by atoms with Crippen molar-refractivity contribution in [1.29, 1.82) is 0 Å². The SMILES string of the molecule is COC(=O)C(NC1CC(C)CCC1C)C(C)C. The molecule has 0 heterocycles. The summed E-state index contributed by atoms with van der Waals surface area (Å²) in [5.41, 5.74) is 0. The second-order valence-corrected chi connectivity index (χ2v) is 5.91. The van der Waals surface area contributed by atoms with Gasteiger partial charge in [0.25, 0.3) is 0 Å². The van der Waals surface area contributed by atoms with Crippen molar-refractivity contribution in [3.63, 3.8) is 0 Å². The van der Waals surface area contributed by atoms with Crippen molar-refractivity contribution in [3.8, 4) is 0 Å². The number of rotatable bonds is 4. The van der Waals surface area contributed by atoms with Crippen molar-refractivity contribution in [2.24, 2.45) is 17.8 Å². The Morgan fingerprint density at radius 2 is 1.94 bits per heavy atom. The smallest absolute Gasteiger partial charge is 0.323 e. The number of carbonyl (C=O) groups excluding carboxylic acids is 1. The van der Waals surface area contributed by atoms with Crippen LogP contribution in [-0.2, 0) is 9.53 Å². The molecule has 1 aliphatic carbocycles. The predicted molar refractivity (Wildman–Crippen MR) is 69.7 cm³/mol. The van der Waals surface area contributed by atoms with Gasteiger partial charge in [-0.15, -0.1) is 0 Å². The third-order valence-corrected chi connectivity index (χ3v) is 3.97. The fourth-order valence-electron chi connectivity index (χ4n) is 2.65. The van der Waals surface area contributed by atoms with E-state index < -0.39 is 0 Å². The Morgan fingerprint density at radius 3 is 2.47 bits per heavy atom. The van der Waals surface area contributed by atoms with E-state index in [1.807, 2.05) is 0 Å². The average Bonchev–Trinajstić information content (AvgIpc) is 2.28. The maximum atomic E-state index is 11.7. The Bertz CT molecular complexity index is 253. The highest BCUT2D eigenvalue weighted by atomic mass is 16.5. The standard InChI is InChI=1S/C14H27NO2/c1-9(2)13(14(16)17-5)15-12-8-10(3)6-7-11(12)4/h9-13,15H,6-8H2,1-5H3. The molecular weight excluding hydrogens is 214 g/mol. The average molecular weight is 241 g/mol. The first kappa shape index (κ1) is 14.5. The number of nitrogens with one attached hydrogen (secondary N) is 1. The van der Waals surface area contributed by atoms with Gasteiger partial charge in [-0.25, -0.2) is 0 Å². The Balaban J connectivity index is 2.62. The van der Waals surface area contributed by atoms with Gasteiger partial charge in [0.1, 0.15) is 6.04 Å². The van der Waals surface area contributed by atoms with Gasteiger partial charge in [0.2, 0.25) is 0 Å². The lowest BCUT2D eigenvalue weighted by atomic mass is 9.79. The molecule has 0 aliphatic heterocycles. The maximum Gasteiger partial charge on any atom is 0.323 e. The van der Waals surface area contributed by atoms with E-state index in [1.54, 1.807) is 0 Å². The van der Waals surface area contributed by atoms with Crippen LogP contribution in [0, 0.1) is 17.8 Å². The number of esters is 1. The van der Waals surface area contributed by atoms with Crippen LogP contribution >= 0.6 is 0 Å². The Hall–Kier alpha value is -0.570. The zero-order valence-corrected chi connectivity index (χ0v) is 11.8. The van der Waals surface area contributed by atoms with Crippen LogP contribution in [-0.4, -0.2) is 25.2 Å². The molecule has 1 rings (SSSR count). The third kappa shape index (κ3) is 3.98. The number of carbonyl (C=O) groups is 1. The molecule has 4 unspecified atom stereocenters. The lowest BCUT2D eigenvalue weighted by Gasteiger charge is -2.36. The first-order chi connectivity index (χ1) is 7.95. The Kier molecular flexibility index (Phi) is 5.44. The molecule has 0 bridgehead atoms. The predicted octanol–water partition coefficient (Wildman–Crippen LogP) is 2.60. The van der Waals surface area contributed by atoms with E-state index in [2.05, 4.69) is 33.0 Å². The second-order valence-electron chi connectivity index (χ2n) is 5.91. The van der Waals surface area contributed by atoms with E-state index in [0.717, 1.165) is 5.92 Å². The van der Waals surface area contributed by atoms with Gasteiger partial charge in [0.15, 0.2) is 0 Å². The van der Waals surface area contributed by atoms with Crippen molar-refractivity contribution in [1.82, 2.24) is 5.32 Å². The topological polar surface area (TPSA) is 38.3 Å². The highest BCUT2D eigenvalue weighted by molar-refractivity contribution is 5.75. The molecular formula is C14H27NO2. The molecule has 1 saturated carbocycles. The minimum Gasteiger partial charge on any atom is -0.468 e. The minimum absolute atomic E-state index is 0.134. The Morgan fingerprint density at radius 1 is 1.29 bits per heavy atom. The van der Waals surface area contributed by atoms with E-state index in [1.165, 1.54) is 26.4 Å². The summed E-state index contributed by atoms with van der Waals surface area (Å²) < 4.78 is 4.88. The van der Waals surface area contributed by atoms with E-state index in [4.69, 9.17) is 4.74 Å². The Labute approximate surface area is 105 Å². The van der Waals surface area contributed by atoms with Gasteiger partial charge in [-0.1, -0.05) is 34.1 Å². The number of ether oxygens (including phenoxy) is 1. The lowest BCUT2D eigenvalue weighted by Crippen LogP contribution is -2.51. The normalized spacial score (nSPS) is 31.3. The van der Waals surface area contributed by atoms with Crippen LogP contribution in [0.4, 0.5) is 0 Å². The van der Waals surface area contributed by atoms with Crippen molar-refractivity contribution in [3.05, 3.63) is 0 Å². The van der Waals surface area contributed by atoms with Gasteiger partial charge in [-0.2, -0.15) is 0 Å². The molecule has 3 nitrogen and oxygen atoms in total. The van der Waals surface area contributed by atoms with Crippen LogP contribution in [0.15, 0.2) is 0 Å². The number of hydrogen-bond donors (Lipinski definition) is 1. The molecule has 0 radical (unpaired) electrons. The monoisotopic (exact) mass is 241 g/mol. The van der Waals surface area contributed by atoms with Crippen LogP contribution in [0.5, 0.6) is 0 Å². The van der Waals surface area contributed by atoms with E-state index in [9.17, 15) is 4.79 Å². The number of hydrogen-bond acceptors (Lipinski definition) is 3. The first-order valence-electron chi connectivity index (χ1n) is 6.79. The molecule has 0 amide bonds. The molecule has 4 atom stereocenters. The maximum absolute atomic E-state index is 11.7. The summed E-state index contributed by atoms with van der Waals surface area (Å²) in [6.07, 6.45) is 3.73. The molecule has 1 fully saturated rings. The van der Waals surface area contributed by atoms with E-state index >= 15 is 0 Å². The van der Waals surface area contributed by atoms with Gasteiger partial charge in [-0.3, -0.25) is 4.79 Å². The molecule has 1 N–H and O–H groups in total. The van der Waals surface area contributed by atoms with Crippen LogP contribution < -0.4 is 5.32 Å². The number of methoxy groups -OCH3 is 1. The third-order valence-electron chi connectivity index (χ3n) is 3.97. The summed E-state index contributed by atoms with van der Waals surface area (Å²) in [5, 5.41) is 3.51. The fourth-order valence-corrected chi connectivity index (χ4v) is 2.65. The second kappa shape index (κ2) is 6.39. The van der Waals surface area contributed by atoms with Crippen molar-refractivity contribution in [2.75, 3.05) is 7.11 Å². The zero-order valence-electron chi connectivity index (χ0n) is 11.8. The quantitative estimate of drug-likeness (QED) is 0.769. The highest BCUT2D eigenvalue weighted by Gasteiger charge is 2.31. The van der Waals surface area contributed by atoms with Crippen LogP contribution in [0.1, 0.15) is 47.0 Å². The lowest BCUT2D eigenvalue weighted by molar-refractivity contribution is -0.144. The summed E-state index contributed by atoms with van der Waals surface area (Å²) in [6.45, 7) is 8.69. The molecule has 0 spiro atoms. The summed E-state index contributed by atoms with van der Waals surface area (Å²) in [6, 6.07) is 0.281. The van der Waals surface area contributed by atoms with E-state index in [-0.39, 0.29) is 17.9 Å². The molecule has 0 aromatic rings. The van der Waals surface area contributed by atoms with Gasteiger partial charge in [-0.05, 0) is 30.6 Å². The van der Waals surface area contributed by atoms with Gasteiger partial charge in [0.05, 0.1) is 7.11 Å². The summed E-state index contributed by atoms with van der Waals surface area (Å²) >= 11 is 0. The molecule has 0 aromatic carbocycles. The molecule has 0 saturated heterocycles. The largest absolute Gasteiger partial charge is 0.468 e. The van der Waals surface area contributed by atoms with E-state index in [0.29, 0.717) is 12.0 Å². The van der Waals surface area contributed by atoms with Gasteiger partial charge < -0.3 is 10.1 Å². The van der Waals surface area contributed by atoms with Gasteiger partial charge in [0, 0.05) is 6.04 Å². The van der Waals surface area contributed by atoms with Crippen molar-refractivity contribution in [2.45, 2.75) is 59.0 Å². The van der Waals surface area contributed by atoms with Crippen LogP contribution in [0.25, 0.3) is 0 Å². The highest BCUT2D eigenvalue weighted by Crippen LogP contribution is 2.29. The van der Waals surface area contributed by atoms with Crippen molar-refractivity contribution >= 4 is 5.97 Å². The molecule has 100 valence electrons. The zero-order chi connectivity index (χ0) is 13.0. The van der Waals surface area contributed by atoms with Gasteiger partial charge >= 0.3 is 5.97 Å². The van der Waals surface area contributed by atoms with Crippen LogP contribution in [0.3, 0.4) is 0 Å².